The summed E-state index contributed by atoms with van der Waals surface area (Å²) in [6.45, 7) is 2.90. The zero-order chi connectivity index (χ0) is 31.6. The van der Waals surface area contributed by atoms with Crippen LogP contribution in [0.4, 0.5) is 19.0 Å². The highest BCUT2D eigenvalue weighted by molar-refractivity contribution is 6.02. The zero-order valence-electron chi connectivity index (χ0n) is 25.1. The minimum Gasteiger partial charge on any atom is -0.508 e. The molecular formula is C35H33F3N6O2. The Balaban J connectivity index is 1.24. The van der Waals surface area contributed by atoms with Crippen molar-refractivity contribution in [2.45, 2.75) is 56.2 Å². The monoisotopic (exact) mass is 626 g/mol. The zero-order valence-corrected chi connectivity index (χ0v) is 25.1. The number of fused-ring (bicyclic) bond motifs is 5. The molecule has 8 nitrogen and oxygen atoms in total. The predicted octanol–water partition coefficient (Wildman–Crippen LogP) is 5.42. The third kappa shape index (κ3) is 4.91. The number of aromatic hydroxyl groups is 1. The number of anilines is 1. The molecule has 0 saturated carbocycles. The van der Waals surface area contributed by atoms with Gasteiger partial charge in [0, 0.05) is 54.4 Å². The lowest BCUT2D eigenvalue weighted by atomic mass is 9.93. The second-order valence-corrected chi connectivity index (χ2v) is 13.0. The summed E-state index contributed by atoms with van der Waals surface area (Å²) >= 11 is 0. The molecule has 236 valence electrons. The van der Waals surface area contributed by atoms with Gasteiger partial charge in [-0.1, -0.05) is 23.6 Å². The van der Waals surface area contributed by atoms with Gasteiger partial charge in [-0.2, -0.15) is 9.97 Å². The van der Waals surface area contributed by atoms with Crippen molar-refractivity contribution < 1.29 is 23.0 Å². The Morgan fingerprint density at radius 3 is 2.80 bits per heavy atom. The molecule has 2 aromatic heterocycles. The highest BCUT2D eigenvalue weighted by atomic mass is 19.3. The lowest BCUT2D eigenvalue weighted by molar-refractivity contribution is 0.108. The number of nitrogens with one attached hydrogen (secondary N) is 1. The molecule has 46 heavy (non-hydrogen) atoms. The van der Waals surface area contributed by atoms with E-state index in [-0.39, 0.29) is 29.6 Å². The minimum absolute atomic E-state index is 0.00483. The molecule has 2 N–H and O–H groups in total. The summed E-state index contributed by atoms with van der Waals surface area (Å²) in [6.07, 6.45) is 10.3. The van der Waals surface area contributed by atoms with Crippen LogP contribution in [0.3, 0.4) is 0 Å². The van der Waals surface area contributed by atoms with Crippen LogP contribution in [-0.4, -0.2) is 81.8 Å². The van der Waals surface area contributed by atoms with Crippen LogP contribution < -0.4 is 15.0 Å². The van der Waals surface area contributed by atoms with E-state index in [0.29, 0.717) is 76.8 Å². The van der Waals surface area contributed by atoms with Crippen molar-refractivity contribution in [2.24, 2.45) is 0 Å². The molecule has 4 aromatic rings. The molecule has 3 atom stereocenters. The SMILES string of the molecule is C#Cc1cccc2cc(O)cc(-c3ncc4c(N5C[C@H]6CC[C@@H](C5)N6)nc(OCC56CCCN5CC(=CC(F)F)C6)nc4c3F)c12. The van der Waals surface area contributed by atoms with Crippen LogP contribution in [-0.2, 0) is 0 Å². The highest BCUT2D eigenvalue weighted by Gasteiger charge is 2.47. The van der Waals surface area contributed by atoms with E-state index in [4.69, 9.17) is 16.1 Å². The minimum atomic E-state index is -2.50. The van der Waals surface area contributed by atoms with Gasteiger partial charge in [0.15, 0.2) is 5.82 Å². The van der Waals surface area contributed by atoms with Gasteiger partial charge in [0.05, 0.1) is 10.9 Å². The number of hydrogen-bond donors (Lipinski definition) is 2. The summed E-state index contributed by atoms with van der Waals surface area (Å²) in [5.74, 6) is 2.50. The van der Waals surface area contributed by atoms with Gasteiger partial charge >= 0.3 is 6.01 Å². The molecule has 4 aliphatic rings. The van der Waals surface area contributed by atoms with Gasteiger partial charge in [-0.25, -0.2) is 13.2 Å². The fraction of sp³-hybridized carbons (Fsp3) is 0.400. The van der Waals surface area contributed by atoms with E-state index < -0.39 is 17.8 Å². The van der Waals surface area contributed by atoms with Crippen LogP contribution >= 0.6 is 0 Å². The van der Waals surface area contributed by atoms with Gasteiger partial charge in [0.25, 0.3) is 6.43 Å². The molecule has 4 aliphatic heterocycles. The standard InChI is InChI=1S/C35H33F3N6O2/c1-2-21-5-3-6-22-12-25(45)13-26(29(21)22)31-30(38)32-27(15-39-31)33(43-17-23-7-8-24(18-43)40-23)42-34(41-32)46-19-35-9-4-10-44(35)16-20(14-35)11-28(36)37/h1,3,5-6,11-13,15,23-24,28,40,45H,4,7-10,14,16-19H2/t23-,24+,35?. The van der Waals surface area contributed by atoms with Gasteiger partial charge in [-0.3, -0.25) is 9.88 Å². The van der Waals surface area contributed by atoms with E-state index in [2.05, 4.69) is 31.0 Å². The average molecular weight is 627 g/mol. The van der Waals surface area contributed by atoms with E-state index in [1.54, 1.807) is 30.5 Å². The third-order valence-electron chi connectivity index (χ3n) is 10.1. The average Bonchev–Trinajstić information content (AvgIpc) is 3.69. The fourth-order valence-corrected chi connectivity index (χ4v) is 8.07. The largest absolute Gasteiger partial charge is 0.508 e. The van der Waals surface area contributed by atoms with E-state index in [0.717, 1.165) is 38.3 Å². The number of benzene rings is 2. The molecule has 6 heterocycles. The Kier molecular flexibility index (Phi) is 7.03. The Bertz CT molecular complexity index is 1930. The first-order valence-electron chi connectivity index (χ1n) is 15.8. The number of nitrogens with zero attached hydrogens (tertiary/aromatic N) is 5. The normalized spacial score (nSPS) is 25.2. The van der Waals surface area contributed by atoms with Crippen molar-refractivity contribution in [1.29, 1.82) is 0 Å². The summed E-state index contributed by atoms with van der Waals surface area (Å²) in [4.78, 5) is 18.4. The first-order chi connectivity index (χ1) is 22.3. The Hall–Kier alpha value is -4.40. The maximum atomic E-state index is 16.8. The van der Waals surface area contributed by atoms with Crippen LogP contribution in [0.5, 0.6) is 11.8 Å². The predicted molar refractivity (Wildman–Crippen MR) is 170 cm³/mol. The van der Waals surface area contributed by atoms with E-state index in [1.807, 2.05) is 0 Å². The molecule has 4 fully saturated rings. The van der Waals surface area contributed by atoms with Gasteiger partial charge in [-0.05, 0) is 68.3 Å². The topological polar surface area (TPSA) is 86.6 Å². The van der Waals surface area contributed by atoms with Gasteiger partial charge in [0.2, 0.25) is 0 Å². The van der Waals surface area contributed by atoms with Gasteiger partial charge in [-0.15, -0.1) is 6.42 Å². The van der Waals surface area contributed by atoms with Crippen molar-refractivity contribution in [3.63, 3.8) is 0 Å². The van der Waals surface area contributed by atoms with Crippen LogP contribution in [0.15, 0.2) is 48.2 Å². The van der Waals surface area contributed by atoms with Crippen molar-refractivity contribution in [3.05, 3.63) is 59.6 Å². The lowest BCUT2D eigenvalue weighted by Crippen LogP contribution is -2.51. The van der Waals surface area contributed by atoms with E-state index in [1.165, 1.54) is 6.07 Å². The number of hydrogen-bond acceptors (Lipinski definition) is 8. The Morgan fingerprint density at radius 2 is 2.02 bits per heavy atom. The van der Waals surface area contributed by atoms with Crippen molar-refractivity contribution in [3.8, 4) is 35.4 Å². The number of phenols is 1. The smallest absolute Gasteiger partial charge is 0.319 e. The van der Waals surface area contributed by atoms with Crippen LogP contribution in [0.2, 0.25) is 0 Å². The second-order valence-electron chi connectivity index (χ2n) is 13.0. The number of rotatable bonds is 6. The molecule has 11 heteroatoms. The second kappa shape index (κ2) is 11.1. The number of phenolic OH excluding ortho intramolecular Hbond substituents is 1. The van der Waals surface area contributed by atoms with E-state index in [9.17, 15) is 13.9 Å². The van der Waals surface area contributed by atoms with Crippen LogP contribution in [0.1, 0.15) is 37.7 Å². The third-order valence-corrected chi connectivity index (χ3v) is 10.1. The maximum absolute atomic E-state index is 16.8. The first-order valence-corrected chi connectivity index (χ1v) is 15.8. The molecule has 0 aliphatic carbocycles. The van der Waals surface area contributed by atoms with Crippen LogP contribution in [0.25, 0.3) is 32.9 Å². The Labute approximate surface area is 264 Å². The molecule has 0 spiro atoms. The summed E-state index contributed by atoms with van der Waals surface area (Å²) in [7, 11) is 0. The molecule has 0 amide bonds. The van der Waals surface area contributed by atoms with Crippen molar-refractivity contribution >= 4 is 27.5 Å². The van der Waals surface area contributed by atoms with Gasteiger partial charge in [0.1, 0.15) is 29.4 Å². The number of alkyl halides is 2. The molecule has 1 unspecified atom stereocenters. The number of allylic oxidation sites excluding steroid dienone is 1. The molecule has 0 radical (unpaired) electrons. The molecule has 4 saturated heterocycles. The van der Waals surface area contributed by atoms with Crippen molar-refractivity contribution in [1.82, 2.24) is 25.2 Å². The summed E-state index contributed by atoms with van der Waals surface area (Å²) < 4.78 is 49.5. The summed E-state index contributed by atoms with van der Waals surface area (Å²) in [6, 6.07) is 9.04. The lowest BCUT2D eigenvalue weighted by Gasteiger charge is -2.34. The number of ether oxygens (including phenoxy) is 1. The van der Waals surface area contributed by atoms with E-state index >= 15 is 4.39 Å². The van der Waals surface area contributed by atoms with Gasteiger partial charge < -0.3 is 20.1 Å². The maximum Gasteiger partial charge on any atom is 0.319 e. The number of terminal acetylenes is 1. The molecule has 2 bridgehead atoms. The summed E-state index contributed by atoms with van der Waals surface area (Å²) in [5.41, 5.74) is 1.24. The molecule has 8 rings (SSSR count). The quantitative estimate of drug-likeness (QED) is 0.217. The first kappa shape index (κ1) is 29.0. The molecule has 2 aromatic carbocycles. The highest BCUT2D eigenvalue weighted by Crippen LogP contribution is 2.43. The summed E-state index contributed by atoms with van der Waals surface area (Å²) in [5, 5.41) is 15.9. The van der Waals surface area contributed by atoms with Crippen LogP contribution in [0, 0.1) is 18.2 Å². The Morgan fingerprint density at radius 1 is 1.20 bits per heavy atom. The number of piperazine rings is 1. The number of pyridine rings is 1. The number of aromatic nitrogens is 3. The number of halogens is 3. The van der Waals surface area contributed by atoms with Crippen molar-refractivity contribution in [2.75, 3.05) is 37.7 Å². The fourth-order valence-electron chi connectivity index (χ4n) is 8.07. The molecular weight excluding hydrogens is 593 g/mol.